The van der Waals surface area contributed by atoms with E-state index in [1.54, 1.807) is 54.6 Å². The van der Waals surface area contributed by atoms with E-state index >= 15 is 0 Å². The maximum absolute atomic E-state index is 13.4. The number of nitrogens with zero attached hydrogens (tertiary/aromatic N) is 2. The van der Waals surface area contributed by atoms with Gasteiger partial charge in [-0.1, -0.05) is 36.4 Å². The average Bonchev–Trinajstić information content (AvgIpc) is 3.18. The topological polar surface area (TPSA) is 120 Å². The second kappa shape index (κ2) is 10.9. The van der Waals surface area contributed by atoms with Gasteiger partial charge in [0, 0.05) is 28.8 Å². The number of fused-ring (bicyclic) bond motifs is 2. The largest absolute Gasteiger partial charge is 0.457 e. The standard InChI is InChI=1S/C29H25F3N4O4/c30-29(31,32)8-9-36(40-15-17-2-1-3-23(33)10-17)27(37)22-11-20-6-4-19(13-25(20)35-26(34)14-22)18-5-7-21-16-39-28(38)24(21)12-18/h1-7,10-13H,8-9,14-16,33H2,(H2,34,35). The van der Waals surface area contributed by atoms with E-state index in [0.29, 0.717) is 33.1 Å². The van der Waals surface area contributed by atoms with Crippen LogP contribution >= 0.6 is 0 Å². The van der Waals surface area contributed by atoms with Gasteiger partial charge in [-0.2, -0.15) is 13.2 Å². The van der Waals surface area contributed by atoms with E-state index in [-0.39, 0.29) is 37.0 Å². The predicted molar refractivity (Wildman–Crippen MR) is 143 cm³/mol. The zero-order valence-corrected chi connectivity index (χ0v) is 21.2. The van der Waals surface area contributed by atoms with Gasteiger partial charge >= 0.3 is 12.1 Å². The lowest BCUT2D eigenvalue weighted by molar-refractivity contribution is -0.201. The first kappa shape index (κ1) is 26.9. The van der Waals surface area contributed by atoms with Crippen LogP contribution in [-0.4, -0.2) is 35.5 Å². The van der Waals surface area contributed by atoms with Crippen molar-refractivity contribution in [1.82, 2.24) is 5.06 Å². The molecule has 0 bridgehead atoms. The summed E-state index contributed by atoms with van der Waals surface area (Å²) in [7, 11) is 0. The predicted octanol–water partition coefficient (Wildman–Crippen LogP) is 5.29. The van der Waals surface area contributed by atoms with Gasteiger partial charge < -0.3 is 16.2 Å². The van der Waals surface area contributed by atoms with Crippen molar-refractivity contribution < 1.29 is 32.3 Å². The van der Waals surface area contributed by atoms with E-state index in [2.05, 4.69) is 4.99 Å². The smallest absolute Gasteiger partial charge is 0.390 e. The molecule has 5 rings (SSSR count). The molecule has 0 radical (unpaired) electrons. The Kier molecular flexibility index (Phi) is 7.31. The molecule has 4 N–H and O–H groups in total. The van der Waals surface area contributed by atoms with Crippen LogP contribution < -0.4 is 11.5 Å². The average molecular weight is 551 g/mol. The van der Waals surface area contributed by atoms with E-state index in [9.17, 15) is 22.8 Å². The molecule has 0 aromatic heterocycles. The van der Waals surface area contributed by atoms with Gasteiger partial charge in [-0.3, -0.25) is 9.63 Å². The second-order valence-electron chi connectivity index (χ2n) is 9.46. The lowest BCUT2D eigenvalue weighted by Gasteiger charge is -2.24. The summed E-state index contributed by atoms with van der Waals surface area (Å²) < 4.78 is 44.2. The third-order valence-corrected chi connectivity index (χ3v) is 6.46. The number of cyclic esters (lactones) is 1. The number of carbonyl (C=O) groups is 2. The summed E-state index contributed by atoms with van der Waals surface area (Å²) in [5.74, 6) is -1.02. The van der Waals surface area contributed by atoms with E-state index in [1.807, 2.05) is 12.1 Å². The minimum absolute atomic E-state index is 0.0856. The Balaban J connectivity index is 1.42. The molecule has 11 heteroatoms. The molecule has 0 spiro atoms. The fourth-order valence-electron chi connectivity index (χ4n) is 4.45. The Hall–Kier alpha value is -4.64. The molecule has 2 aliphatic rings. The number of amides is 1. The third kappa shape index (κ3) is 6.15. The molecule has 0 atom stereocenters. The molecule has 0 aliphatic carbocycles. The van der Waals surface area contributed by atoms with Crippen LogP contribution in [0.4, 0.5) is 24.5 Å². The fraction of sp³-hybridized carbons (Fsp3) is 0.207. The number of alkyl halides is 3. The van der Waals surface area contributed by atoms with E-state index in [0.717, 1.165) is 16.7 Å². The highest BCUT2D eigenvalue weighted by Crippen LogP contribution is 2.34. The van der Waals surface area contributed by atoms with Gasteiger partial charge in [0.1, 0.15) is 19.0 Å². The number of aliphatic imine (C=N–C) groups is 1. The number of anilines is 1. The van der Waals surface area contributed by atoms with Gasteiger partial charge in [0.25, 0.3) is 5.91 Å². The maximum Gasteiger partial charge on any atom is 0.390 e. The van der Waals surface area contributed by atoms with Crippen LogP contribution in [0.5, 0.6) is 0 Å². The molecule has 8 nitrogen and oxygen atoms in total. The summed E-state index contributed by atoms with van der Waals surface area (Å²) in [6.07, 6.45) is -4.28. The van der Waals surface area contributed by atoms with Crippen LogP contribution in [0.3, 0.4) is 0 Å². The molecule has 1 amide bonds. The highest BCUT2D eigenvalue weighted by atomic mass is 19.4. The van der Waals surface area contributed by atoms with Crippen molar-refractivity contribution in [2.75, 3.05) is 12.3 Å². The second-order valence-corrected chi connectivity index (χ2v) is 9.46. The van der Waals surface area contributed by atoms with Crippen LogP contribution in [0.2, 0.25) is 0 Å². The van der Waals surface area contributed by atoms with Gasteiger partial charge in [0.05, 0.1) is 24.2 Å². The number of ether oxygens (including phenoxy) is 1. The van der Waals surface area contributed by atoms with Crippen LogP contribution in [0.15, 0.2) is 71.2 Å². The van der Waals surface area contributed by atoms with E-state index < -0.39 is 25.0 Å². The summed E-state index contributed by atoms with van der Waals surface area (Å²) in [6, 6.07) is 17.4. The first-order valence-corrected chi connectivity index (χ1v) is 12.4. The van der Waals surface area contributed by atoms with Crippen molar-refractivity contribution in [3.8, 4) is 11.1 Å². The van der Waals surface area contributed by atoms with Crippen molar-refractivity contribution in [1.29, 1.82) is 0 Å². The number of benzene rings is 3. The molecule has 0 saturated carbocycles. The minimum Gasteiger partial charge on any atom is -0.457 e. The Morgan fingerprint density at radius 1 is 1.05 bits per heavy atom. The normalized spacial score (nSPS) is 14.4. The molecular formula is C29H25F3N4O4. The fourth-order valence-corrected chi connectivity index (χ4v) is 4.45. The quantitative estimate of drug-likeness (QED) is 0.234. The Bertz CT molecular complexity index is 1550. The van der Waals surface area contributed by atoms with Crippen molar-refractivity contribution in [2.45, 2.75) is 32.2 Å². The molecule has 0 fully saturated rings. The van der Waals surface area contributed by atoms with Crippen LogP contribution in [-0.2, 0) is 27.6 Å². The van der Waals surface area contributed by atoms with Gasteiger partial charge in [-0.25, -0.2) is 14.9 Å². The van der Waals surface area contributed by atoms with Gasteiger partial charge in [0.2, 0.25) is 0 Å². The van der Waals surface area contributed by atoms with Crippen molar-refractivity contribution in [3.05, 3.63) is 88.5 Å². The van der Waals surface area contributed by atoms with Crippen molar-refractivity contribution in [3.63, 3.8) is 0 Å². The number of esters is 1. The first-order valence-electron chi connectivity index (χ1n) is 12.4. The number of hydrogen-bond donors (Lipinski definition) is 2. The summed E-state index contributed by atoms with van der Waals surface area (Å²) in [5, 5.41) is 0.707. The molecule has 206 valence electrons. The Labute approximate surface area is 227 Å². The Morgan fingerprint density at radius 3 is 2.60 bits per heavy atom. The number of hydrogen-bond acceptors (Lipinski definition) is 7. The zero-order valence-electron chi connectivity index (χ0n) is 21.2. The molecule has 0 saturated heterocycles. The summed E-state index contributed by atoms with van der Waals surface area (Å²) >= 11 is 0. The molecule has 40 heavy (non-hydrogen) atoms. The SMILES string of the molecule is NC1=Nc2cc(-c3ccc4c(c3)C(=O)OC4)ccc2C=C(C(=O)N(CCC(F)(F)F)OCc2cccc(N)c2)C1. The Morgan fingerprint density at radius 2 is 1.82 bits per heavy atom. The van der Waals surface area contributed by atoms with Gasteiger partial charge in [-0.15, -0.1) is 0 Å². The number of nitrogens with two attached hydrogens (primary N) is 2. The van der Waals surface area contributed by atoms with Crippen LogP contribution in [0.25, 0.3) is 17.2 Å². The number of nitrogen functional groups attached to an aromatic ring is 1. The molecule has 0 unspecified atom stereocenters. The summed E-state index contributed by atoms with van der Waals surface area (Å²) in [4.78, 5) is 35.4. The monoisotopic (exact) mass is 550 g/mol. The molecular weight excluding hydrogens is 525 g/mol. The number of hydroxylamine groups is 2. The molecule has 3 aromatic rings. The van der Waals surface area contributed by atoms with E-state index in [1.165, 1.54) is 0 Å². The number of amidine groups is 1. The maximum atomic E-state index is 13.4. The first-order chi connectivity index (χ1) is 19.1. The molecule has 2 aliphatic heterocycles. The summed E-state index contributed by atoms with van der Waals surface area (Å²) in [5.41, 5.74) is 17.0. The van der Waals surface area contributed by atoms with Crippen molar-refractivity contribution in [2.24, 2.45) is 10.7 Å². The minimum atomic E-state index is -4.49. The van der Waals surface area contributed by atoms with Gasteiger partial charge in [-0.05, 0) is 47.0 Å². The van der Waals surface area contributed by atoms with Gasteiger partial charge in [0.15, 0.2) is 0 Å². The van der Waals surface area contributed by atoms with Crippen LogP contribution in [0, 0.1) is 0 Å². The zero-order chi connectivity index (χ0) is 28.4. The lowest BCUT2D eigenvalue weighted by Crippen LogP contribution is -2.36. The molecule has 2 heterocycles. The highest BCUT2D eigenvalue weighted by molar-refractivity contribution is 6.05. The summed E-state index contributed by atoms with van der Waals surface area (Å²) in [6.45, 7) is -0.616. The van der Waals surface area contributed by atoms with Crippen LogP contribution in [0.1, 0.15) is 39.9 Å². The van der Waals surface area contributed by atoms with E-state index in [4.69, 9.17) is 21.0 Å². The lowest BCUT2D eigenvalue weighted by atomic mass is 9.98. The number of rotatable bonds is 7. The molecule has 3 aromatic carbocycles. The van der Waals surface area contributed by atoms with Crippen molar-refractivity contribution >= 4 is 35.2 Å². The highest BCUT2D eigenvalue weighted by Gasteiger charge is 2.31. The number of carbonyl (C=O) groups excluding carboxylic acids is 2. The third-order valence-electron chi connectivity index (χ3n) is 6.46. The number of halogens is 3.